The second-order valence-corrected chi connectivity index (χ2v) is 16.7. The Morgan fingerprint density at radius 3 is 2.50 bits per heavy atom. The highest BCUT2D eigenvalue weighted by Crippen LogP contribution is 2.38. The maximum atomic E-state index is 14.0. The number of ether oxygens (including phenoxy) is 1. The smallest absolute Gasteiger partial charge is 0.361 e. The number of rotatable bonds is 9. The largest absolute Gasteiger partial charge is 0.423 e. The number of nitrogens with zero attached hydrogens (tertiary/aromatic N) is 3. The van der Waals surface area contributed by atoms with Gasteiger partial charge in [-0.2, -0.15) is 26.7 Å². The molecule has 0 unspecified atom stereocenters. The van der Waals surface area contributed by atoms with Gasteiger partial charge < -0.3 is 9.64 Å². The van der Waals surface area contributed by atoms with Crippen LogP contribution in [0.3, 0.4) is 0 Å². The molecule has 0 bridgehead atoms. The zero-order valence-electron chi connectivity index (χ0n) is 19.5. The van der Waals surface area contributed by atoms with Gasteiger partial charge in [-0.25, -0.2) is 4.68 Å². The highest BCUT2D eigenvalue weighted by Gasteiger charge is 2.40. The molecule has 0 spiro atoms. The number of anilines is 1. The number of halogens is 3. The number of hydrogen-bond acceptors (Lipinski definition) is 7. The molecule has 8 nitrogen and oxygen atoms in total. The lowest BCUT2D eigenvalue weighted by Gasteiger charge is -2.22. The minimum Gasteiger partial charge on any atom is -0.361 e. The Morgan fingerprint density at radius 2 is 1.88 bits per heavy atom. The average Bonchev–Trinajstić information content (AvgIpc) is 3.12. The maximum Gasteiger partial charge on any atom is 0.423 e. The van der Waals surface area contributed by atoms with Gasteiger partial charge in [0.15, 0.2) is 0 Å². The van der Waals surface area contributed by atoms with E-state index in [1.165, 1.54) is 4.90 Å². The highest BCUT2D eigenvalue weighted by molar-refractivity contribution is 7.85. The van der Waals surface area contributed by atoms with E-state index >= 15 is 0 Å². The molecule has 0 amide bonds. The van der Waals surface area contributed by atoms with Crippen LogP contribution in [0.15, 0.2) is 29.2 Å². The predicted molar refractivity (Wildman–Crippen MR) is 124 cm³/mol. The van der Waals surface area contributed by atoms with Crippen molar-refractivity contribution < 1.29 is 30.5 Å². The van der Waals surface area contributed by atoms with E-state index in [4.69, 9.17) is 8.92 Å². The van der Waals surface area contributed by atoms with Crippen LogP contribution in [-0.2, 0) is 51.6 Å². The zero-order chi connectivity index (χ0) is 25.3. The summed E-state index contributed by atoms with van der Waals surface area (Å²) >= 11 is 0. The summed E-state index contributed by atoms with van der Waals surface area (Å²) in [6.45, 7) is 6.35. The molecule has 1 aromatic carbocycles. The molecule has 1 aliphatic rings. The molecule has 0 saturated carbocycles. The number of alkyl halides is 3. The number of hydrogen-bond donors (Lipinski definition) is 0. The number of aromatic nitrogens is 2. The monoisotopic (exact) mass is 519 g/mol. The first kappa shape index (κ1) is 26.4. The Kier molecular flexibility index (Phi) is 7.60. The van der Waals surface area contributed by atoms with E-state index in [1.54, 1.807) is 18.2 Å². The van der Waals surface area contributed by atoms with Crippen LogP contribution in [0.1, 0.15) is 22.3 Å². The Labute approximate surface area is 197 Å². The fourth-order valence-electron chi connectivity index (χ4n) is 3.58. The van der Waals surface area contributed by atoms with Crippen LogP contribution < -0.4 is 10.5 Å². The summed E-state index contributed by atoms with van der Waals surface area (Å²) in [6.07, 6.45) is -2.94. The third-order valence-electron chi connectivity index (χ3n) is 5.37. The van der Waals surface area contributed by atoms with E-state index in [0.29, 0.717) is 22.4 Å². The molecule has 188 valence electrons. The maximum absolute atomic E-state index is 14.0. The topological polar surface area (TPSA) is 90.7 Å². The lowest BCUT2D eigenvalue weighted by molar-refractivity contribution is -0.138. The minimum atomic E-state index is -4.90. The van der Waals surface area contributed by atoms with Crippen molar-refractivity contribution in [1.82, 2.24) is 9.78 Å². The molecule has 0 atom stereocenters. The summed E-state index contributed by atoms with van der Waals surface area (Å²) in [4.78, 5) is 14.1. The van der Waals surface area contributed by atoms with Gasteiger partial charge in [-0.05, 0) is 22.7 Å². The van der Waals surface area contributed by atoms with Gasteiger partial charge in [0.05, 0.1) is 24.7 Å². The van der Waals surface area contributed by atoms with Crippen LogP contribution in [0.5, 0.6) is 0 Å². The lowest BCUT2D eigenvalue weighted by Crippen LogP contribution is -2.34. The first-order valence-electron chi connectivity index (χ1n) is 10.6. The summed E-state index contributed by atoms with van der Waals surface area (Å²) < 4.78 is 75.5. The Morgan fingerprint density at radius 1 is 1.18 bits per heavy atom. The standard InChI is InChI=1S/C21H28F3N3O5SSi/c1-33(29,30)32-13-16-7-5-6-15-11-26(12-17(15)16)18-10-25-27(14-31-8-9-34(2,3)4)20(28)19(18)21(22,23)24/h5-7,10H,8-9,11-14H2,1-4H3. The molecule has 1 aromatic heterocycles. The fraction of sp³-hybridized carbons (Fsp3) is 0.524. The SMILES string of the molecule is C[Si](C)(C)CCOCn1ncc(N2Cc3cccc(COS(C)(=O)=O)c3C2)c(C(F)(F)F)c1=O. The van der Waals surface area contributed by atoms with E-state index < -0.39 is 35.5 Å². The third-order valence-corrected chi connectivity index (χ3v) is 7.62. The Bertz CT molecular complexity index is 1210. The second kappa shape index (κ2) is 9.80. The van der Waals surface area contributed by atoms with E-state index in [1.807, 2.05) is 0 Å². The number of fused-ring (bicyclic) bond motifs is 1. The molecule has 2 heterocycles. The summed E-state index contributed by atoms with van der Waals surface area (Å²) in [5.41, 5.74) is -0.967. The van der Waals surface area contributed by atoms with Gasteiger partial charge in [0, 0.05) is 27.8 Å². The first-order valence-corrected chi connectivity index (χ1v) is 16.1. The van der Waals surface area contributed by atoms with E-state index in [2.05, 4.69) is 24.7 Å². The van der Waals surface area contributed by atoms with Gasteiger partial charge in [0.2, 0.25) is 0 Å². The van der Waals surface area contributed by atoms with Gasteiger partial charge >= 0.3 is 6.18 Å². The summed E-state index contributed by atoms with van der Waals surface area (Å²) in [6, 6.07) is 5.89. The van der Waals surface area contributed by atoms with Crippen molar-refractivity contribution in [3.05, 3.63) is 57.0 Å². The number of benzene rings is 1. The molecule has 34 heavy (non-hydrogen) atoms. The van der Waals surface area contributed by atoms with Crippen LogP contribution in [0.25, 0.3) is 0 Å². The normalized spacial score (nSPS) is 14.5. The van der Waals surface area contributed by atoms with Gasteiger partial charge in [-0.1, -0.05) is 37.8 Å². The minimum absolute atomic E-state index is 0.0551. The molecule has 1 aliphatic heterocycles. The zero-order valence-corrected chi connectivity index (χ0v) is 21.3. The van der Waals surface area contributed by atoms with Crippen LogP contribution >= 0.6 is 0 Å². The molecule has 3 rings (SSSR count). The van der Waals surface area contributed by atoms with Crippen molar-refractivity contribution in [2.45, 2.75) is 58.3 Å². The molecule has 0 fully saturated rings. The van der Waals surface area contributed by atoms with Crippen LogP contribution in [0.4, 0.5) is 18.9 Å². The van der Waals surface area contributed by atoms with Crippen molar-refractivity contribution in [2.75, 3.05) is 17.8 Å². The average molecular weight is 520 g/mol. The van der Waals surface area contributed by atoms with Gasteiger partial charge in [0.25, 0.3) is 15.7 Å². The summed E-state index contributed by atoms with van der Waals surface area (Å²) in [7, 11) is -5.08. The Balaban J connectivity index is 1.86. The second-order valence-electron chi connectivity index (χ2n) is 9.43. The molecule has 0 N–H and O–H groups in total. The molecule has 0 radical (unpaired) electrons. The summed E-state index contributed by atoms with van der Waals surface area (Å²) in [5, 5.41) is 3.93. The van der Waals surface area contributed by atoms with Gasteiger partial charge in [-0.15, -0.1) is 0 Å². The van der Waals surface area contributed by atoms with Gasteiger partial charge in [0.1, 0.15) is 12.3 Å². The van der Waals surface area contributed by atoms with Gasteiger partial charge in [-0.3, -0.25) is 8.98 Å². The lowest BCUT2D eigenvalue weighted by atomic mass is 10.0. The van der Waals surface area contributed by atoms with Crippen LogP contribution in [0.2, 0.25) is 25.7 Å². The molecule has 2 aromatic rings. The quantitative estimate of drug-likeness (QED) is 0.284. The molecular weight excluding hydrogens is 491 g/mol. The fourth-order valence-corrected chi connectivity index (χ4v) is 4.67. The van der Waals surface area contributed by atoms with Crippen molar-refractivity contribution in [2.24, 2.45) is 0 Å². The predicted octanol–water partition coefficient (Wildman–Crippen LogP) is 3.57. The van der Waals surface area contributed by atoms with E-state index in [0.717, 1.165) is 24.1 Å². The van der Waals surface area contributed by atoms with E-state index in [-0.39, 0.29) is 32.1 Å². The van der Waals surface area contributed by atoms with Crippen molar-refractivity contribution in [3.63, 3.8) is 0 Å². The Hall–Kier alpha value is -2.22. The van der Waals surface area contributed by atoms with Crippen LogP contribution in [0, 0.1) is 0 Å². The highest BCUT2D eigenvalue weighted by atomic mass is 32.2. The van der Waals surface area contributed by atoms with Crippen molar-refractivity contribution >= 4 is 23.9 Å². The van der Waals surface area contributed by atoms with E-state index in [9.17, 15) is 26.4 Å². The first-order chi connectivity index (χ1) is 15.7. The summed E-state index contributed by atoms with van der Waals surface area (Å²) in [5.74, 6) is 0. The molecule has 13 heteroatoms. The molecule has 0 saturated heterocycles. The third kappa shape index (κ3) is 6.68. The molecular formula is C21H28F3N3O5SSi. The van der Waals surface area contributed by atoms with Crippen molar-refractivity contribution in [3.8, 4) is 0 Å². The van der Waals surface area contributed by atoms with Crippen LogP contribution in [-0.4, -0.2) is 39.1 Å². The van der Waals surface area contributed by atoms with Crippen molar-refractivity contribution in [1.29, 1.82) is 0 Å². The molecule has 0 aliphatic carbocycles.